The zero-order chi connectivity index (χ0) is 13.0. The molecule has 0 spiro atoms. The molecule has 0 amide bonds. The molecule has 4 heteroatoms. The molecule has 2 rings (SSSR count). The first-order chi connectivity index (χ1) is 8.72. The van der Waals surface area contributed by atoms with E-state index in [1.165, 1.54) is 0 Å². The molecule has 1 aromatic carbocycles. The summed E-state index contributed by atoms with van der Waals surface area (Å²) < 4.78 is 10.9. The van der Waals surface area contributed by atoms with Gasteiger partial charge in [0.25, 0.3) is 0 Å². The van der Waals surface area contributed by atoms with Crippen molar-refractivity contribution in [1.29, 1.82) is 0 Å². The van der Waals surface area contributed by atoms with E-state index in [9.17, 15) is 5.11 Å². The highest BCUT2D eigenvalue weighted by molar-refractivity contribution is 5.47. The summed E-state index contributed by atoms with van der Waals surface area (Å²) in [7, 11) is 1.65. The monoisotopic (exact) mass is 251 g/mol. The molecule has 18 heavy (non-hydrogen) atoms. The van der Waals surface area contributed by atoms with Gasteiger partial charge in [-0.2, -0.15) is 0 Å². The second-order valence-electron chi connectivity index (χ2n) is 4.72. The minimum atomic E-state index is -0.0525. The van der Waals surface area contributed by atoms with E-state index in [0.717, 1.165) is 24.3 Å². The Labute approximate surface area is 108 Å². The van der Waals surface area contributed by atoms with Gasteiger partial charge in [0.05, 0.1) is 32.0 Å². The van der Waals surface area contributed by atoms with Crippen molar-refractivity contribution in [3.8, 4) is 5.75 Å². The van der Waals surface area contributed by atoms with Gasteiger partial charge in [0.2, 0.25) is 0 Å². The van der Waals surface area contributed by atoms with Gasteiger partial charge in [0.15, 0.2) is 0 Å². The molecular weight excluding hydrogens is 230 g/mol. The van der Waals surface area contributed by atoms with E-state index in [2.05, 4.69) is 12.2 Å². The van der Waals surface area contributed by atoms with E-state index in [1.807, 2.05) is 24.3 Å². The minimum Gasteiger partial charge on any atom is -0.497 e. The maximum Gasteiger partial charge on any atom is 0.119 e. The second kappa shape index (κ2) is 6.07. The Morgan fingerprint density at radius 3 is 2.61 bits per heavy atom. The van der Waals surface area contributed by atoms with E-state index >= 15 is 0 Å². The predicted molar refractivity (Wildman–Crippen MR) is 71.1 cm³/mol. The fraction of sp³-hybridized carbons (Fsp3) is 0.571. The molecule has 0 aliphatic carbocycles. The Kier molecular flexibility index (Phi) is 4.44. The van der Waals surface area contributed by atoms with Crippen molar-refractivity contribution in [1.82, 2.24) is 0 Å². The molecule has 2 N–H and O–H groups in total. The number of aliphatic hydroxyl groups excluding tert-OH is 1. The Balaban J connectivity index is 1.96. The third-order valence-electron chi connectivity index (χ3n) is 3.35. The van der Waals surface area contributed by atoms with Gasteiger partial charge in [0, 0.05) is 5.69 Å². The number of benzene rings is 1. The fourth-order valence-corrected chi connectivity index (χ4v) is 2.29. The van der Waals surface area contributed by atoms with Crippen LogP contribution < -0.4 is 10.1 Å². The molecule has 1 heterocycles. The number of hydrogen-bond donors (Lipinski definition) is 2. The van der Waals surface area contributed by atoms with Crippen molar-refractivity contribution in [2.45, 2.75) is 38.0 Å². The van der Waals surface area contributed by atoms with Crippen LogP contribution in [0.1, 0.15) is 19.8 Å². The molecule has 1 saturated heterocycles. The highest BCUT2D eigenvalue weighted by Crippen LogP contribution is 2.24. The Morgan fingerprint density at radius 1 is 1.39 bits per heavy atom. The summed E-state index contributed by atoms with van der Waals surface area (Å²) in [6, 6.07) is 7.63. The topological polar surface area (TPSA) is 50.7 Å². The van der Waals surface area contributed by atoms with Crippen molar-refractivity contribution < 1.29 is 14.6 Å². The number of rotatable bonds is 5. The number of methoxy groups -OCH3 is 1. The van der Waals surface area contributed by atoms with Gasteiger partial charge >= 0.3 is 0 Å². The summed E-state index contributed by atoms with van der Waals surface area (Å²) >= 11 is 0. The van der Waals surface area contributed by atoms with Crippen molar-refractivity contribution in [2.75, 3.05) is 19.0 Å². The third kappa shape index (κ3) is 3.15. The van der Waals surface area contributed by atoms with Crippen molar-refractivity contribution >= 4 is 5.69 Å². The molecule has 3 atom stereocenters. The maximum atomic E-state index is 9.47. The zero-order valence-electron chi connectivity index (χ0n) is 10.9. The highest BCUT2D eigenvalue weighted by Gasteiger charge is 2.29. The Bertz CT molecular complexity index is 366. The first-order valence-electron chi connectivity index (χ1n) is 6.40. The summed E-state index contributed by atoms with van der Waals surface area (Å²) in [5.41, 5.74) is 0.970. The van der Waals surface area contributed by atoms with Gasteiger partial charge in [-0.05, 0) is 44.0 Å². The summed E-state index contributed by atoms with van der Waals surface area (Å²) in [4.78, 5) is 0. The molecule has 1 fully saturated rings. The van der Waals surface area contributed by atoms with Gasteiger partial charge in [-0.3, -0.25) is 0 Å². The molecule has 1 aliphatic rings. The van der Waals surface area contributed by atoms with Gasteiger partial charge in [-0.25, -0.2) is 0 Å². The minimum absolute atomic E-state index is 0.0525. The molecule has 4 nitrogen and oxygen atoms in total. The molecule has 1 aliphatic heterocycles. The number of aliphatic hydroxyl groups is 1. The molecule has 1 aromatic rings. The van der Waals surface area contributed by atoms with Crippen LogP contribution in [0.2, 0.25) is 0 Å². The fourth-order valence-electron chi connectivity index (χ4n) is 2.29. The van der Waals surface area contributed by atoms with Gasteiger partial charge in [0.1, 0.15) is 5.75 Å². The van der Waals surface area contributed by atoms with Gasteiger partial charge < -0.3 is 19.9 Å². The van der Waals surface area contributed by atoms with Crippen LogP contribution >= 0.6 is 0 Å². The number of hydrogen-bond acceptors (Lipinski definition) is 4. The number of anilines is 1. The molecule has 100 valence electrons. The van der Waals surface area contributed by atoms with Crippen LogP contribution in [-0.2, 0) is 4.74 Å². The van der Waals surface area contributed by atoms with Crippen molar-refractivity contribution in [3.63, 3.8) is 0 Å². The molecule has 0 radical (unpaired) electrons. The van der Waals surface area contributed by atoms with E-state index in [0.29, 0.717) is 6.10 Å². The van der Waals surface area contributed by atoms with Gasteiger partial charge in [-0.15, -0.1) is 0 Å². The third-order valence-corrected chi connectivity index (χ3v) is 3.35. The largest absolute Gasteiger partial charge is 0.497 e. The lowest BCUT2D eigenvalue weighted by atomic mass is 10.1. The first kappa shape index (κ1) is 13.2. The average Bonchev–Trinajstić information content (AvgIpc) is 2.83. The Hall–Kier alpha value is -1.26. The predicted octanol–water partition coefficient (Wildman–Crippen LogP) is 2.04. The summed E-state index contributed by atoms with van der Waals surface area (Å²) in [6.07, 6.45) is 2.44. The van der Waals surface area contributed by atoms with Crippen LogP contribution in [0.5, 0.6) is 5.75 Å². The maximum absolute atomic E-state index is 9.47. The first-order valence-corrected chi connectivity index (χ1v) is 6.40. The zero-order valence-corrected chi connectivity index (χ0v) is 10.9. The molecule has 0 bridgehead atoms. The van der Waals surface area contributed by atoms with Crippen molar-refractivity contribution in [3.05, 3.63) is 24.3 Å². The van der Waals surface area contributed by atoms with Crippen LogP contribution in [0.4, 0.5) is 5.69 Å². The summed E-state index contributed by atoms with van der Waals surface area (Å²) in [5, 5.41) is 12.8. The van der Waals surface area contributed by atoms with Crippen LogP contribution in [0.15, 0.2) is 24.3 Å². The van der Waals surface area contributed by atoms with E-state index in [1.54, 1.807) is 7.11 Å². The standard InChI is InChI=1S/C14H21NO3/c1-10-3-8-14(18-10)13(9-16)15-11-4-6-12(17-2)7-5-11/h4-7,10,13-16H,3,8-9H2,1-2H3. The number of ether oxygens (including phenoxy) is 2. The number of nitrogens with one attached hydrogen (secondary N) is 1. The van der Waals surface area contributed by atoms with Crippen LogP contribution in [-0.4, -0.2) is 37.1 Å². The van der Waals surface area contributed by atoms with E-state index in [4.69, 9.17) is 9.47 Å². The molecule has 0 aromatic heterocycles. The SMILES string of the molecule is COc1ccc(NC(CO)C2CCC(C)O2)cc1. The molecule has 3 unspecified atom stereocenters. The summed E-state index contributed by atoms with van der Waals surface area (Å²) in [6.45, 7) is 2.14. The summed E-state index contributed by atoms with van der Waals surface area (Å²) in [5.74, 6) is 0.826. The molecular formula is C14H21NO3. The van der Waals surface area contributed by atoms with E-state index in [-0.39, 0.29) is 18.8 Å². The smallest absolute Gasteiger partial charge is 0.119 e. The quantitative estimate of drug-likeness (QED) is 0.841. The lowest BCUT2D eigenvalue weighted by Gasteiger charge is -2.24. The highest BCUT2D eigenvalue weighted by atomic mass is 16.5. The Morgan fingerprint density at radius 2 is 2.11 bits per heavy atom. The van der Waals surface area contributed by atoms with Gasteiger partial charge in [-0.1, -0.05) is 0 Å². The lowest BCUT2D eigenvalue weighted by Crippen LogP contribution is -2.36. The second-order valence-corrected chi connectivity index (χ2v) is 4.72. The van der Waals surface area contributed by atoms with Crippen LogP contribution in [0, 0.1) is 0 Å². The van der Waals surface area contributed by atoms with Crippen molar-refractivity contribution in [2.24, 2.45) is 0 Å². The average molecular weight is 251 g/mol. The molecule has 0 saturated carbocycles. The van der Waals surface area contributed by atoms with Crippen LogP contribution in [0.25, 0.3) is 0 Å². The normalized spacial score (nSPS) is 24.8. The lowest BCUT2D eigenvalue weighted by molar-refractivity contribution is 0.0324. The van der Waals surface area contributed by atoms with Crippen LogP contribution in [0.3, 0.4) is 0 Å². The van der Waals surface area contributed by atoms with E-state index < -0.39 is 0 Å².